The van der Waals surface area contributed by atoms with Crippen molar-refractivity contribution < 1.29 is 13.2 Å². The summed E-state index contributed by atoms with van der Waals surface area (Å²) in [4.78, 5) is 18.9. The van der Waals surface area contributed by atoms with Crippen LogP contribution in [-0.4, -0.2) is 53.7 Å². The van der Waals surface area contributed by atoms with Crippen LogP contribution in [-0.2, 0) is 16.3 Å². The molecule has 1 amide bonds. The van der Waals surface area contributed by atoms with Gasteiger partial charge in [0.2, 0.25) is 0 Å². The lowest BCUT2D eigenvalue weighted by Crippen LogP contribution is -2.39. The molecule has 0 aliphatic carbocycles. The highest BCUT2D eigenvalue weighted by Gasteiger charge is 2.48. The van der Waals surface area contributed by atoms with E-state index in [2.05, 4.69) is 4.99 Å². The van der Waals surface area contributed by atoms with Crippen LogP contribution < -0.4 is 0 Å². The van der Waals surface area contributed by atoms with E-state index in [-0.39, 0.29) is 28.7 Å². The van der Waals surface area contributed by atoms with Crippen LogP contribution in [0.1, 0.15) is 15.9 Å². The van der Waals surface area contributed by atoms with E-state index < -0.39 is 9.84 Å². The molecule has 2 fully saturated rings. The number of carbonyl (C=O) groups excluding carboxylic acids is 1. The predicted octanol–water partition coefficient (Wildman–Crippen LogP) is 3.29. The Labute approximate surface area is 173 Å². The number of amides is 1. The van der Waals surface area contributed by atoms with E-state index in [4.69, 9.17) is 11.6 Å². The Bertz CT molecular complexity index is 1010. The van der Waals surface area contributed by atoms with E-state index in [0.29, 0.717) is 22.3 Å². The predicted molar refractivity (Wildman–Crippen MR) is 114 cm³/mol. The zero-order valence-corrected chi connectivity index (χ0v) is 17.4. The number of hydrogen-bond donors (Lipinski definition) is 0. The zero-order valence-electron chi connectivity index (χ0n) is 15.0. The van der Waals surface area contributed by atoms with E-state index in [0.717, 1.165) is 6.42 Å². The summed E-state index contributed by atoms with van der Waals surface area (Å²) in [5.74, 6) is -0.0851. The molecule has 2 atom stereocenters. The Balaban J connectivity index is 1.57. The second-order valence-electron chi connectivity index (χ2n) is 6.94. The van der Waals surface area contributed by atoms with Crippen LogP contribution in [0.4, 0.5) is 0 Å². The van der Waals surface area contributed by atoms with Crippen LogP contribution in [0, 0.1) is 0 Å². The summed E-state index contributed by atoms with van der Waals surface area (Å²) in [6.07, 6.45) is 0.763. The summed E-state index contributed by atoms with van der Waals surface area (Å²) in [5, 5.41) is 1.10. The monoisotopic (exact) mass is 434 g/mol. The molecule has 0 spiro atoms. The third-order valence-electron chi connectivity index (χ3n) is 4.95. The third-order valence-corrected chi connectivity index (χ3v) is 8.45. The second-order valence-corrected chi connectivity index (χ2v) is 10.7. The van der Waals surface area contributed by atoms with Crippen molar-refractivity contribution in [2.75, 3.05) is 18.1 Å². The van der Waals surface area contributed by atoms with Crippen LogP contribution >= 0.6 is 23.4 Å². The number of aliphatic imine (C=N–C) groups is 1. The molecule has 2 aromatic rings. The Morgan fingerprint density at radius 1 is 1.11 bits per heavy atom. The van der Waals surface area contributed by atoms with E-state index >= 15 is 0 Å². The molecule has 2 aromatic carbocycles. The van der Waals surface area contributed by atoms with E-state index in [1.165, 1.54) is 17.3 Å². The highest BCUT2D eigenvalue weighted by molar-refractivity contribution is 8.15. The molecule has 2 heterocycles. The van der Waals surface area contributed by atoms with Crippen LogP contribution in [0.2, 0.25) is 5.02 Å². The smallest absolute Gasteiger partial charge is 0.279 e. The van der Waals surface area contributed by atoms with Gasteiger partial charge >= 0.3 is 0 Å². The van der Waals surface area contributed by atoms with Crippen molar-refractivity contribution in [3.63, 3.8) is 0 Å². The van der Waals surface area contributed by atoms with Crippen LogP contribution in [0.3, 0.4) is 0 Å². The highest BCUT2D eigenvalue weighted by atomic mass is 35.5. The third kappa shape index (κ3) is 4.26. The fourth-order valence-corrected chi connectivity index (χ4v) is 7.64. The van der Waals surface area contributed by atoms with Crippen molar-refractivity contribution in [3.8, 4) is 0 Å². The molecule has 8 heteroatoms. The first-order chi connectivity index (χ1) is 13.4. The second kappa shape index (κ2) is 7.89. The Hall–Kier alpha value is -1.83. The van der Waals surface area contributed by atoms with Gasteiger partial charge in [-0.3, -0.25) is 4.79 Å². The minimum atomic E-state index is -3.05. The van der Waals surface area contributed by atoms with E-state index in [1.807, 2.05) is 35.2 Å². The largest absolute Gasteiger partial charge is 0.346 e. The number of rotatable bonds is 4. The van der Waals surface area contributed by atoms with Crippen molar-refractivity contribution in [2.24, 2.45) is 4.99 Å². The van der Waals surface area contributed by atoms with Crippen molar-refractivity contribution in [1.82, 2.24) is 4.90 Å². The summed E-state index contributed by atoms with van der Waals surface area (Å²) in [6.45, 7) is 0.625. The summed E-state index contributed by atoms with van der Waals surface area (Å²) in [5.41, 5.74) is 1.63. The van der Waals surface area contributed by atoms with E-state index in [9.17, 15) is 13.2 Å². The molecule has 0 saturated carbocycles. The average molecular weight is 435 g/mol. The highest BCUT2D eigenvalue weighted by Crippen LogP contribution is 2.38. The number of halogens is 1. The Morgan fingerprint density at radius 2 is 1.82 bits per heavy atom. The number of thioether (sulfide) groups is 1. The number of fused-ring (bicyclic) bond motifs is 1. The Kier molecular flexibility index (Phi) is 5.49. The summed E-state index contributed by atoms with van der Waals surface area (Å²) >= 11 is 7.29. The molecule has 0 unspecified atom stereocenters. The molecule has 146 valence electrons. The van der Waals surface area contributed by atoms with Gasteiger partial charge in [-0.15, -0.1) is 0 Å². The minimum absolute atomic E-state index is 0.0717. The maximum atomic E-state index is 12.6. The average Bonchev–Trinajstić information content (AvgIpc) is 3.12. The van der Waals surface area contributed by atoms with Gasteiger partial charge in [0.05, 0.1) is 17.5 Å². The van der Waals surface area contributed by atoms with Crippen molar-refractivity contribution in [2.45, 2.75) is 17.7 Å². The first kappa shape index (κ1) is 19.5. The lowest BCUT2D eigenvalue weighted by molar-refractivity contribution is 0.100. The van der Waals surface area contributed by atoms with Crippen molar-refractivity contribution in [3.05, 3.63) is 70.7 Å². The van der Waals surface area contributed by atoms with Gasteiger partial charge in [0.15, 0.2) is 15.0 Å². The SMILES string of the molecule is O=C(N=C1S[C@@H]2CS(=O)(=O)C[C@H]2N1CCc1ccccc1)c1ccc(Cl)cc1. The maximum Gasteiger partial charge on any atom is 0.279 e. The van der Waals surface area contributed by atoms with E-state index in [1.54, 1.807) is 24.3 Å². The number of benzene rings is 2. The summed E-state index contributed by atoms with van der Waals surface area (Å²) in [7, 11) is -3.05. The molecule has 0 bridgehead atoms. The van der Waals surface area contributed by atoms with Gasteiger partial charge in [0.25, 0.3) is 5.91 Å². The number of nitrogens with zero attached hydrogens (tertiary/aromatic N) is 2. The van der Waals surface area contributed by atoms with Gasteiger partial charge in [-0.25, -0.2) is 8.42 Å². The molecule has 2 aliphatic heterocycles. The molecular weight excluding hydrogens is 416 g/mol. The molecule has 2 aliphatic rings. The normalized spacial score (nSPS) is 24.5. The molecule has 0 radical (unpaired) electrons. The molecule has 28 heavy (non-hydrogen) atoms. The molecular formula is C20H19ClN2O3S2. The summed E-state index contributed by atoms with van der Waals surface area (Å²) in [6, 6.07) is 16.5. The molecule has 4 rings (SSSR count). The number of hydrogen-bond acceptors (Lipinski definition) is 4. The Morgan fingerprint density at radius 3 is 2.54 bits per heavy atom. The van der Waals surface area contributed by atoms with Gasteiger partial charge in [-0.2, -0.15) is 4.99 Å². The topological polar surface area (TPSA) is 66.8 Å². The van der Waals surface area contributed by atoms with Gasteiger partial charge in [0.1, 0.15) is 0 Å². The van der Waals surface area contributed by atoms with Gasteiger partial charge in [0, 0.05) is 22.4 Å². The van der Waals surface area contributed by atoms with Crippen molar-refractivity contribution >= 4 is 44.3 Å². The van der Waals surface area contributed by atoms with Crippen LogP contribution in [0.5, 0.6) is 0 Å². The van der Waals surface area contributed by atoms with Gasteiger partial charge in [-0.05, 0) is 36.2 Å². The first-order valence-corrected chi connectivity index (χ1v) is 12.1. The first-order valence-electron chi connectivity index (χ1n) is 8.97. The maximum absolute atomic E-state index is 12.6. The van der Waals surface area contributed by atoms with Gasteiger partial charge in [-0.1, -0.05) is 53.7 Å². The number of sulfone groups is 1. The minimum Gasteiger partial charge on any atom is -0.346 e. The summed E-state index contributed by atoms with van der Waals surface area (Å²) < 4.78 is 24.2. The lowest BCUT2D eigenvalue weighted by Gasteiger charge is -2.24. The zero-order chi connectivity index (χ0) is 19.7. The quantitative estimate of drug-likeness (QED) is 0.738. The lowest BCUT2D eigenvalue weighted by atomic mass is 10.1. The molecule has 0 N–H and O–H groups in total. The van der Waals surface area contributed by atoms with Crippen molar-refractivity contribution in [1.29, 1.82) is 0 Å². The van der Waals surface area contributed by atoms with Gasteiger partial charge < -0.3 is 4.90 Å². The number of carbonyl (C=O) groups is 1. The van der Waals surface area contributed by atoms with Crippen LogP contribution in [0.25, 0.3) is 0 Å². The molecule has 5 nitrogen and oxygen atoms in total. The standard InChI is InChI=1S/C20H19ClN2O3S2/c21-16-8-6-15(7-9-16)19(24)22-20-23(11-10-14-4-2-1-3-5-14)17-12-28(25,26)13-18(17)27-20/h1-9,17-18H,10-13H2/t17-,18-/m1/s1. The fourth-order valence-electron chi connectivity index (χ4n) is 3.54. The molecule has 0 aromatic heterocycles. The van der Waals surface area contributed by atoms with Crippen LogP contribution in [0.15, 0.2) is 59.6 Å². The fraction of sp³-hybridized carbons (Fsp3) is 0.300. The number of amidine groups is 1. The molecule has 2 saturated heterocycles.